The summed E-state index contributed by atoms with van der Waals surface area (Å²) in [6.45, 7) is 1.05. The first-order valence-corrected chi connectivity index (χ1v) is 11.2. The van der Waals surface area contributed by atoms with Crippen LogP contribution < -0.4 is 15.4 Å². The quantitative estimate of drug-likeness (QED) is 0.647. The Labute approximate surface area is 195 Å². The average Bonchev–Trinajstić information content (AvgIpc) is 2.78. The van der Waals surface area contributed by atoms with E-state index in [1.165, 1.54) is 12.1 Å². The Hall–Kier alpha value is -2.97. The molecule has 3 aliphatic carbocycles. The summed E-state index contributed by atoms with van der Waals surface area (Å²) in [5.74, 6) is -0.812. The van der Waals surface area contributed by atoms with Gasteiger partial charge in [-0.05, 0) is 55.5 Å². The molecule has 7 nitrogen and oxygen atoms in total. The minimum Gasteiger partial charge on any atom is -0.484 e. The molecule has 3 saturated carbocycles. The van der Waals surface area contributed by atoms with Crippen molar-refractivity contribution in [1.29, 1.82) is 0 Å². The number of carbonyl (C=O) groups excluding carboxylic acids is 2. The summed E-state index contributed by atoms with van der Waals surface area (Å²) in [7, 11) is 0. The first-order valence-electron chi connectivity index (χ1n) is 10.8. The van der Waals surface area contributed by atoms with Gasteiger partial charge in [-0.3, -0.25) is 14.6 Å². The van der Waals surface area contributed by atoms with E-state index in [2.05, 4.69) is 15.6 Å². The summed E-state index contributed by atoms with van der Waals surface area (Å²) in [5, 5.41) is 6.06. The van der Waals surface area contributed by atoms with Crippen molar-refractivity contribution in [3.05, 3.63) is 64.7 Å². The zero-order chi connectivity index (χ0) is 23.1. The van der Waals surface area contributed by atoms with Crippen LogP contribution in [0.3, 0.4) is 0 Å². The van der Waals surface area contributed by atoms with Gasteiger partial charge in [0.15, 0.2) is 6.61 Å². The highest BCUT2D eigenvalue weighted by atomic mass is 35.5. The van der Waals surface area contributed by atoms with E-state index in [-0.39, 0.29) is 40.3 Å². The lowest BCUT2D eigenvalue weighted by atomic mass is 9.44. The predicted octanol–water partition coefficient (Wildman–Crippen LogP) is 3.28. The molecular formula is C24H23ClFN3O4. The highest BCUT2D eigenvalue weighted by molar-refractivity contribution is 6.30. The van der Waals surface area contributed by atoms with E-state index in [0.717, 1.165) is 23.8 Å². The van der Waals surface area contributed by atoms with E-state index in [4.69, 9.17) is 21.1 Å². The fraction of sp³-hybridized carbons (Fsp3) is 0.375. The van der Waals surface area contributed by atoms with Crippen LogP contribution in [0, 0.1) is 5.82 Å². The summed E-state index contributed by atoms with van der Waals surface area (Å²) in [6.07, 6.45) is 6.44. The Morgan fingerprint density at radius 1 is 1.15 bits per heavy atom. The van der Waals surface area contributed by atoms with Gasteiger partial charge in [-0.25, -0.2) is 4.39 Å². The fourth-order valence-corrected chi connectivity index (χ4v) is 5.01. The maximum atomic E-state index is 13.5. The van der Waals surface area contributed by atoms with Gasteiger partial charge in [0.1, 0.15) is 11.6 Å². The van der Waals surface area contributed by atoms with Crippen molar-refractivity contribution in [2.24, 2.45) is 0 Å². The number of pyridine rings is 1. The summed E-state index contributed by atoms with van der Waals surface area (Å²) < 4.78 is 24.1. The van der Waals surface area contributed by atoms with Crippen molar-refractivity contribution in [1.82, 2.24) is 15.6 Å². The number of benzene rings is 1. The molecule has 2 amide bonds. The molecule has 3 fully saturated rings. The molecule has 9 heteroatoms. The van der Waals surface area contributed by atoms with Gasteiger partial charge >= 0.3 is 0 Å². The highest BCUT2D eigenvalue weighted by Crippen LogP contribution is 2.60. The minimum atomic E-state index is -0.600. The van der Waals surface area contributed by atoms with Gasteiger partial charge in [-0.1, -0.05) is 17.7 Å². The molecule has 0 spiro atoms. The van der Waals surface area contributed by atoms with Crippen molar-refractivity contribution in [2.45, 2.75) is 36.8 Å². The molecule has 0 saturated heterocycles. The number of hydrogen-bond acceptors (Lipinski definition) is 5. The molecule has 2 aromatic rings. The van der Waals surface area contributed by atoms with Crippen LogP contribution in [-0.4, -0.2) is 47.7 Å². The van der Waals surface area contributed by atoms with Gasteiger partial charge < -0.3 is 20.1 Å². The number of ether oxygens (including phenoxy) is 2. The SMILES string of the molecule is O=C(COc1ccc(Cl)c(F)c1)NC12CC(NC(=O)c3ccc(C4=CCOCC4)nc3)(C1)C2. The maximum Gasteiger partial charge on any atom is 0.258 e. The third kappa shape index (κ3) is 4.45. The van der Waals surface area contributed by atoms with Crippen molar-refractivity contribution in [2.75, 3.05) is 19.8 Å². The van der Waals surface area contributed by atoms with Crippen LogP contribution in [0.4, 0.5) is 4.39 Å². The monoisotopic (exact) mass is 471 g/mol. The summed E-state index contributed by atoms with van der Waals surface area (Å²) in [4.78, 5) is 29.3. The van der Waals surface area contributed by atoms with Gasteiger partial charge in [0.2, 0.25) is 0 Å². The molecule has 2 bridgehead atoms. The van der Waals surface area contributed by atoms with Crippen LogP contribution in [0.25, 0.3) is 5.57 Å². The summed E-state index contributed by atoms with van der Waals surface area (Å²) >= 11 is 5.64. The zero-order valence-electron chi connectivity index (χ0n) is 17.8. The maximum absolute atomic E-state index is 13.5. The largest absolute Gasteiger partial charge is 0.484 e. The molecule has 4 aliphatic rings. The van der Waals surface area contributed by atoms with Crippen LogP contribution in [-0.2, 0) is 9.53 Å². The van der Waals surface area contributed by atoms with Gasteiger partial charge in [0.05, 0.1) is 29.5 Å². The Kier molecular flexibility index (Phi) is 5.58. The van der Waals surface area contributed by atoms with Crippen LogP contribution in [0.1, 0.15) is 41.7 Å². The standard InChI is InChI=1S/C24H23ClFN3O4/c25-18-3-2-17(9-19(18)26)33-11-21(30)28-23-12-24(13-23,14-23)29-22(31)16-1-4-20(27-10-16)15-5-7-32-8-6-15/h1-5,9-10H,6-8,11-14H2,(H,28,30)(H,29,31). The van der Waals surface area contributed by atoms with Crippen molar-refractivity contribution >= 4 is 29.0 Å². The lowest BCUT2D eigenvalue weighted by Gasteiger charge is -2.70. The number of nitrogens with one attached hydrogen (secondary N) is 2. The van der Waals surface area contributed by atoms with E-state index in [0.29, 0.717) is 38.0 Å². The van der Waals surface area contributed by atoms with Gasteiger partial charge in [-0.15, -0.1) is 0 Å². The van der Waals surface area contributed by atoms with Crippen molar-refractivity contribution in [3.8, 4) is 5.75 Å². The fourth-order valence-electron chi connectivity index (χ4n) is 4.89. The number of amides is 2. The van der Waals surface area contributed by atoms with Crippen LogP contribution in [0.15, 0.2) is 42.6 Å². The van der Waals surface area contributed by atoms with Crippen LogP contribution >= 0.6 is 11.6 Å². The second kappa shape index (κ2) is 8.43. The summed E-state index contributed by atoms with van der Waals surface area (Å²) in [5.41, 5.74) is 1.92. The van der Waals surface area contributed by atoms with E-state index in [1.54, 1.807) is 12.3 Å². The predicted molar refractivity (Wildman–Crippen MR) is 119 cm³/mol. The number of hydrogen-bond donors (Lipinski definition) is 2. The lowest BCUT2D eigenvalue weighted by molar-refractivity contribution is -0.141. The van der Waals surface area contributed by atoms with Gasteiger partial charge in [-0.2, -0.15) is 0 Å². The third-order valence-electron chi connectivity index (χ3n) is 6.39. The number of aromatic nitrogens is 1. The number of nitrogens with zero attached hydrogens (tertiary/aromatic N) is 1. The van der Waals surface area contributed by atoms with Crippen molar-refractivity contribution in [3.63, 3.8) is 0 Å². The number of halogens is 2. The number of rotatable bonds is 7. The molecule has 172 valence electrons. The first-order chi connectivity index (χ1) is 15.9. The second-order valence-electron chi connectivity index (χ2n) is 8.94. The summed E-state index contributed by atoms with van der Waals surface area (Å²) in [6, 6.07) is 7.68. The molecular weight excluding hydrogens is 449 g/mol. The molecule has 0 atom stereocenters. The molecule has 2 N–H and O–H groups in total. The van der Waals surface area contributed by atoms with E-state index in [1.807, 2.05) is 12.1 Å². The molecule has 1 aliphatic heterocycles. The zero-order valence-corrected chi connectivity index (χ0v) is 18.6. The second-order valence-corrected chi connectivity index (χ2v) is 9.35. The Balaban J connectivity index is 1.08. The third-order valence-corrected chi connectivity index (χ3v) is 6.70. The first kappa shape index (κ1) is 21.9. The van der Waals surface area contributed by atoms with E-state index < -0.39 is 5.82 Å². The molecule has 33 heavy (non-hydrogen) atoms. The highest BCUT2D eigenvalue weighted by Gasteiger charge is 2.69. The Morgan fingerprint density at radius 2 is 1.94 bits per heavy atom. The van der Waals surface area contributed by atoms with E-state index in [9.17, 15) is 14.0 Å². The van der Waals surface area contributed by atoms with Crippen LogP contribution in [0.2, 0.25) is 5.02 Å². The van der Waals surface area contributed by atoms with Gasteiger partial charge in [0.25, 0.3) is 11.8 Å². The molecule has 1 aromatic heterocycles. The van der Waals surface area contributed by atoms with Crippen LogP contribution in [0.5, 0.6) is 5.75 Å². The number of carbonyl (C=O) groups is 2. The smallest absolute Gasteiger partial charge is 0.258 e. The van der Waals surface area contributed by atoms with Gasteiger partial charge in [0, 0.05) is 23.3 Å². The van der Waals surface area contributed by atoms with E-state index >= 15 is 0 Å². The Morgan fingerprint density at radius 3 is 2.61 bits per heavy atom. The molecule has 0 radical (unpaired) electrons. The molecule has 6 rings (SSSR count). The Bertz CT molecular complexity index is 1120. The van der Waals surface area contributed by atoms with Crippen molar-refractivity contribution < 1.29 is 23.5 Å². The molecule has 0 unspecified atom stereocenters. The molecule has 2 heterocycles. The average molecular weight is 472 g/mol. The normalized spacial score (nSPS) is 25.2. The minimum absolute atomic E-state index is 0.00328. The lowest BCUT2D eigenvalue weighted by Crippen LogP contribution is -2.84. The molecule has 1 aromatic carbocycles. The topological polar surface area (TPSA) is 89.6 Å².